The standard InChI is InChI=1S/C24H28N4O2S/c1-19(2)31-27-15-13-26(14-16-27)22-17-25-28(21-11-7-4-8-12-21)24(29)23(22)30-18-20-9-5-3-6-10-20/h3-12,17,19H,13-16,18H2,1-2H3. The Kier molecular flexibility index (Phi) is 6.94. The lowest BCUT2D eigenvalue weighted by atomic mass is 10.2. The smallest absolute Gasteiger partial charge is 0.316 e. The van der Waals surface area contributed by atoms with E-state index in [0.717, 1.165) is 43.1 Å². The summed E-state index contributed by atoms with van der Waals surface area (Å²) in [4.78, 5) is 15.6. The van der Waals surface area contributed by atoms with Gasteiger partial charge in [-0.1, -0.05) is 74.3 Å². The Hall–Kier alpha value is -2.77. The molecule has 2 heterocycles. The van der Waals surface area contributed by atoms with Crippen molar-refractivity contribution in [1.82, 2.24) is 14.1 Å². The van der Waals surface area contributed by atoms with E-state index in [9.17, 15) is 4.79 Å². The molecule has 31 heavy (non-hydrogen) atoms. The summed E-state index contributed by atoms with van der Waals surface area (Å²) < 4.78 is 9.93. The van der Waals surface area contributed by atoms with Crippen molar-refractivity contribution < 1.29 is 4.74 Å². The number of benzene rings is 2. The Morgan fingerprint density at radius 3 is 2.26 bits per heavy atom. The van der Waals surface area contributed by atoms with E-state index >= 15 is 0 Å². The average Bonchev–Trinajstić information content (AvgIpc) is 2.79. The molecule has 1 aliphatic rings. The zero-order valence-corrected chi connectivity index (χ0v) is 18.8. The predicted octanol–water partition coefficient (Wildman–Crippen LogP) is 3.99. The minimum atomic E-state index is -0.237. The second kappa shape index (κ2) is 10.0. The van der Waals surface area contributed by atoms with Crippen LogP contribution in [0.5, 0.6) is 5.75 Å². The number of para-hydroxylation sites is 1. The predicted molar refractivity (Wildman–Crippen MR) is 127 cm³/mol. The molecule has 162 valence electrons. The maximum absolute atomic E-state index is 13.4. The molecule has 4 rings (SSSR count). The highest BCUT2D eigenvalue weighted by Crippen LogP contribution is 2.28. The first-order valence-electron chi connectivity index (χ1n) is 10.6. The Labute approximate surface area is 187 Å². The number of piperazine rings is 1. The molecule has 0 unspecified atom stereocenters. The SMILES string of the molecule is CC(C)SN1CCN(c2cnn(-c3ccccc3)c(=O)c2OCc2ccccc2)CC1. The van der Waals surface area contributed by atoms with Gasteiger partial charge in [-0.3, -0.25) is 4.79 Å². The van der Waals surface area contributed by atoms with E-state index in [1.165, 1.54) is 4.68 Å². The van der Waals surface area contributed by atoms with Gasteiger partial charge >= 0.3 is 5.56 Å². The van der Waals surface area contributed by atoms with E-state index in [1.54, 1.807) is 6.20 Å². The molecule has 0 saturated carbocycles. The quantitative estimate of drug-likeness (QED) is 0.522. The van der Waals surface area contributed by atoms with Gasteiger partial charge in [-0.2, -0.15) is 9.78 Å². The lowest BCUT2D eigenvalue weighted by molar-refractivity contribution is 0.298. The van der Waals surface area contributed by atoms with Crippen molar-refractivity contribution in [3.63, 3.8) is 0 Å². The summed E-state index contributed by atoms with van der Waals surface area (Å²) in [5, 5.41) is 5.03. The van der Waals surface area contributed by atoms with Gasteiger partial charge in [0.1, 0.15) is 12.3 Å². The third kappa shape index (κ3) is 5.29. The van der Waals surface area contributed by atoms with Gasteiger partial charge in [-0.25, -0.2) is 4.31 Å². The van der Waals surface area contributed by atoms with Crippen molar-refractivity contribution in [3.05, 3.63) is 82.8 Å². The van der Waals surface area contributed by atoms with Crippen molar-refractivity contribution >= 4 is 17.6 Å². The summed E-state index contributed by atoms with van der Waals surface area (Å²) in [6.45, 7) is 8.28. The molecule has 0 N–H and O–H groups in total. The van der Waals surface area contributed by atoms with Gasteiger partial charge in [0.05, 0.1) is 11.9 Å². The van der Waals surface area contributed by atoms with E-state index < -0.39 is 0 Å². The summed E-state index contributed by atoms with van der Waals surface area (Å²) in [5.41, 5.74) is 2.27. The topological polar surface area (TPSA) is 50.6 Å². The van der Waals surface area contributed by atoms with Gasteiger partial charge in [0, 0.05) is 31.4 Å². The van der Waals surface area contributed by atoms with Crippen molar-refractivity contribution in [3.8, 4) is 11.4 Å². The summed E-state index contributed by atoms with van der Waals surface area (Å²) >= 11 is 1.88. The van der Waals surface area contributed by atoms with Crippen LogP contribution in [-0.4, -0.2) is 45.5 Å². The van der Waals surface area contributed by atoms with Crippen LogP contribution < -0.4 is 15.2 Å². The molecule has 7 heteroatoms. The minimum Gasteiger partial charge on any atom is -0.481 e. The van der Waals surface area contributed by atoms with Gasteiger partial charge < -0.3 is 9.64 Å². The molecule has 0 atom stereocenters. The fraction of sp³-hybridized carbons (Fsp3) is 0.333. The van der Waals surface area contributed by atoms with Crippen LogP contribution in [0.4, 0.5) is 5.69 Å². The van der Waals surface area contributed by atoms with Gasteiger partial charge in [0.15, 0.2) is 0 Å². The number of rotatable bonds is 7. The van der Waals surface area contributed by atoms with Crippen LogP contribution in [0.1, 0.15) is 19.4 Å². The number of hydrogen-bond donors (Lipinski definition) is 0. The molecule has 0 amide bonds. The summed E-state index contributed by atoms with van der Waals surface area (Å²) in [6, 6.07) is 19.4. The largest absolute Gasteiger partial charge is 0.481 e. The molecular weight excluding hydrogens is 408 g/mol. The second-order valence-corrected chi connectivity index (χ2v) is 9.43. The maximum Gasteiger partial charge on any atom is 0.316 e. The van der Waals surface area contributed by atoms with Gasteiger partial charge in [0.25, 0.3) is 0 Å². The van der Waals surface area contributed by atoms with Crippen molar-refractivity contribution in [1.29, 1.82) is 0 Å². The summed E-state index contributed by atoms with van der Waals surface area (Å²) in [7, 11) is 0. The van der Waals surface area contributed by atoms with E-state index in [1.807, 2.05) is 72.6 Å². The molecule has 3 aromatic rings. The van der Waals surface area contributed by atoms with E-state index in [2.05, 4.69) is 28.2 Å². The molecule has 6 nitrogen and oxygen atoms in total. The van der Waals surface area contributed by atoms with E-state index in [0.29, 0.717) is 17.6 Å². The fourth-order valence-corrected chi connectivity index (χ4v) is 4.58. The van der Waals surface area contributed by atoms with E-state index in [-0.39, 0.29) is 5.56 Å². The number of hydrogen-bond acceptors (Lipinski definition) is 6. The first kappa shape index (κ1) is 21.5. The molecule has 0 spiro atoms. The van der Waals surface area contributed by atoms with Crippen LogP contribution in [0.15, 0.2) is 71.7 Å². The molecule has 1 saturated heterocycles. The number of nitrogens with zero attached hydrogens (tertiary/aromatic N) is 4. The number of anilines is 1. The van der Waals surface area contributed by atoms with Crippen molar-refractivity contribution in [2.45, 2.75) is 25.7 Å². The van der Waals surface area contributed by atoms with Crippen molar-refractivity contribution in [2.75, 3.05) is 31.1 Å². The van der Waals surface area contributed by atoms with Crippen LogP contribution in [0, 0.1) is 0 Å². The molecular formula is C24H28N4O2S. The van der Waals surface area contributed by atoms with Gasteiger partial charge in [-0.15, -0.1) is 0 Å². The summed E-state index contributed by atoms with van der Waals surface area (Å²) in [5.74, 6) is 0.354. The molecule has 0 radical (unpaired) electrons. The minimum absolute atomic E-state index is 0.237. The molecule has 1 aliphatic heterocycles. The van der Waals surface area contributed by atoms with Crippen LogP contribution in [0.3, 0.4) is 0 Å². The molecule has 2 aromatic carbocycles. The first-order chi connectivity index (χ1) is 15.1. The van der Waals surface area contributed by atoms with Gasteiger partial charge in [0.2, 0.25) is 5.75 Å². The Balaban J connectivity index is 1.62. The zero-order valence-electron chi connectivity index (χ0n) is 18.0. The first-order valence-corrected chi connectivity index (χ1v) is 11.5. The van der Waals surface area contributed by atoms with Crippen LogP contribution in [0.2, 0.25) is 0 Å². The van der Waals surface area contributed by atoms with Crippen LogP contribution in [0.25, 0.3) is 5.69 Å². The molecule has 1 fully saturated rings. The number of aromatic nitrogens is 2. The Bertz CT molecular complexity index is 1030. The number of ether oxygens (including phenoxy) is 1. The maximum atomic E-state index is 13.4. The van der Waals surface area contributed by atoms with Crippen molar-refractivity contribution in [2.24, 2.45) is 0 Å². The van der Waals surface area contributed by atoms with Gasteiger partial charge in [-0.05, 0) is 17.7 Å². The monoisotopic (exact) mass is 436 g/mol. The lowest BCUT2D eigenvalue weighted by Crippen LogP contribution is -2.44. The molecule has 0 aliphatic carbocycles. The normalized spacial score (nSPS) is 14.7. The summed E-state index contributed by atoms with van der Waals surface area (Å²) in [6.07, 6.45) is 1.76. The Morgan fingerprint density at radius 2 is 1.61 bits per heavy atom. The van der Waals surface area contributed by atoms with E-state index in [4.69, 9.17) is 4.74 Å². The average molecular weight is 437 g/mol. The lowest BCUT2D eigenvalue weighted by Gasteiger charge is -2.36. The fourth-order valence-electron chi connectivity index (χ4n) is 3.61. The Morgan fingerprint density at radius 1 is 0.968 bits per heavy atom. The molecule has 1 aromatic heterocycles. The zero-order chi connectivity index (χ0) is 21.6. The third-order valence-corrected chi connectivity index (χ3v) is 6.17. The third-order valence-electron chi connectivity index (χ3n) is 5.08. The van der Waals surface area contributed by atoms with Crippen LogP contribution >= 0.6 is 11.9 Å². The highest BCUT2D eigenvalue weighted by Gasteiger charge is 2.24. The molecule has 0 bridgehead atoms. The highest BCUT2D eigenvalue weighted by atomic mass is 32.2. The second-order valence-electron chi connectivity index (χ2n) is 7.76. The van der Waals surface area contributed by atoms with Crippen LogP contribution in [-0.2, 0) is 6.61 Å². The highest BCUT2D eigenvalue weighted by molar-refractivity contribution is 7.97.